The maximum absolute atomic E-state index is 11.2. The van der Waals surface area contributed by atoms with Crippen LogP contribution >= 0.6 is 11.3 Å². The molecule has 0 atom stereocenters. The number of hydrogen-bond acceptors (Lipinski definition) is 3. The zero-order chi connectivity index (χ0) is 9.42. The molecule has 1 aromatic rings. The van der Waals surface area contributed by atoms with Gasteiger partial charge in [-0.2, -0.15) is 5.26 Å². The summed E-state index contributed by atoms with van der Waals surface area (Å²) in [6.07, 6.45) is 2.26. The third kappa shape index (κ3) is 1.38. The van der Waals surface area contributed by atoms with Gasteiger partial charge in [-0.15, -0.1) is 11.3 Å². The molecule has 1 fully saturated rings. The SMILES string of the molecule is CC(=O)c1scc(C#N)c1C1CC1. The minimum atomic E-state index is 0.0911. The molecule has 1 heterocycles. The molecule has 66 valence electrons. The van der Waals surface area contributed by atoms with Crippen molar-refractivity contribution in [3.8, 4) is 6.07 Å². The molecule has 0 unspecified atom stereocenters. The number of ketones is 1. The number of nitriles is 1. The number of nitrogens with zero attached hydrogens (tertiary/aromatic N) is 1. The maximum Gasteiger partial charge on any atom is 0.170 e. The van der Waals surface area contributed by atoms with Gasteiger partial charge in [0.2, 0.25) is 0 Å². The average Bonchev–Trinajstić information content (AvgIpc) is 2.84. The van der Waals surface area contributed by atoms with Crippen LogP contribution in [0.2, 0.25) is 0 Å². The Hall–Kier alpha value is -1.14. The number of thiophene rings is 1. The molecule has 1 saturated carbocycles. The lowest BCUT2D eigenvalue weighted by molar-refractivity contribution is 0.102. The lowest BCUT2D eigenvalue weighted by atomic mass is 10.1. The Morgan fingerprint density at radius 2 is 2.38 bits per heavy atom. The van der Waals surface area contributed by atoms with Gasteiger partial charge in [-0.25, -0.2) is 0 Å². The fourth-order valence-corrected chi connectivity index (χ4v) is 2.49. The molecule has 0 saturated heterocycles. The standard InChI is InChI=1S/C10H9NOS/c1-6(12)10-9(7-2-3-7)8(4-11)5-13-10/h5,7H,2-3H2,1H3. The summed E-state index contributed by atoms with van der Waals surface area (Å²) in [6.45, 7) is 1.57. The zero-order valence-corrected chi connectivity index (χ0v) is 8.15. The molecule has 0 N–H and O–H groups in total. The summed E-state index contributed by atoms with van der Waals surface area (Å²) in [4.78, 5) is 12.0. The summed E-state index contributed by atoms with van der Waals surface area (Å²) in [5.41, 5.74) is 1.72. The van der Waals surface area contributed by atoms with E-state index in [1.807, 2.05) is 0 Å². The monoisotopic (exact) mass is 191 g/mol. The van der Waals surface area contributed by atoms with Gasteiger partial charge in [-0.1, -0.05) is 0 Å². The Morgan fingerprint density at radius 3 is 2.85 bits per heavy atom. The van der Waals surface area contributed by atoms with Gasteiger partial charge in [0.25, 0.3) is 0 Å². The van der Waals surface area contributed by atoms with Crippen molar-refractivity contribution < 1.29 is 4.79 Å². The third-order valence-corrected chi connectivity index (χ3v) is 3.35. The zero-order valence-electron chi connectivity index (χ0n) is 7.33. The molecule has 2 nitrogen and oxygen atoms in total. The smallest absolute Gasteiger partial charge is 0.170 e. The van der Waals surface area contributed by atoms with Crippen LogP contribution in [0, 0.1) is 11.3 Å². The second kappa shape index (κ2) is 2.97. The largest absolute Gasteiger partial charge is 0.294 e. The lowest BCUT2D eigenvalue weighted by Crippen LogP contribution is -1.94. The molecular weight excluding hydrogens is 182 g/mol. The first-order valence-electron chi connectivity index (χ1n) is 4.26. The predicted molar refractivity (Wildman–Crippen MR) is 51.0 cm³/mol. The predicted octanol–water partition coefficient (Wildman–Crippen LogP) is 2.70. The van der Waals surface area contributed by atoms with Gasteiger partial charge in [0.05, 0.1) is 10.4 Å². The van der Waals surface area contributed by atoms with Crippen LogP contribution in [-0.2, 0) is 0 Å². The van der Waals surface area contributed by atoms with E-state index in [0.29, 0.717) is 11.5 Å². The fourth-order valence-electron chi connectivity index (χ4n) is 1.50. The van der Waals surface area contributed by atoms with E-state index in [1.54, 1.807) is 12.3 Å². The van der Waals surface area contributed by atoms with Crippen molar-refractivity contribution in [3.63, 3.8) is 0 Å². The van der Waals surface area contributed by atoms with E-state index in [2.05, 4.69) is 6.07 Å². The van der Waals surface area contributed by atoms with Crippen molar-refractivity contribution in [1.82, 2.24) is 0 Å². The van der Waals surface area contributed by atoms with E-state index in [9.17, 15) is 4.79 Å². The van der Waals surface area contributed by atoms with Crippen molar-refractivity contribution in [2.24, 2.45) is 0 Å². The highest BCUT2D eigenvalue weighted by Crippen LogP contribution is 2.45. The highest BCUT2D eigenvalue weighted by atomic mass is 32.1. The minimum Gasteiger partial charge on any atom is -0.294 e. The van der Waals surface area contributed by atoms with Crippen molar-refractivity contribution in [1.29, 1.82) is 5.26 Å². The van der Waals surface area contributed by atoms with Gasteiger partial charge in [-0.05, 0) is 31.2 Å². The third-order valence-electron chi connectivity index (χ3n) is 2.26. The van der Waals surface area contributed by atoms with Crippen LogP contribution in [-0.4, -0.2) is 5.78 Å². The number of Topliss-reactive ketones (excluding diaryl/α,β-unsaturated/α-hetero) is 1. The summed E-state index contributed by atoms with van der Waals surface area (Å²) in [5.74, 6) is 0.577. The van der Waals surface area contributed by atoms with Gasteiger partial charge in [0.1, 0.15) is 6.07 Å². The molecule has 0 amide bonds. The fraction of sp³-hybridized carbons (Fsp3) is 0.400. The van der Waals surface area contributed by atoms with Gasteiger partial charge in [-0.3, -0.25) is 4.79 Å². The molecular formula is C10H9NOS. The van der Waals surface area contributed by atoms with E-state index >= 15 is 0 Å². The van der Waals surface area contributed by atoms with E-state index in [4.69, 9.17) is 5.26 Å². The summed E-state index contributed by atoms with van der Waals surface area (Å²) in [6, 6.07) is 2.15. The van der Waals surface area contributed by atoms with Crippen LogP contribution < -0.4 is 0 Å². The number of carbonyl (C=O) groups excluding carboxylic acids is 1. The van der Waals surface area contributed by atoms with Crippen molar-refractivity contribution in [2.75, 3.05) is 0 Å². The Labute approximate surface area is 80.8 Å². The van der Waals surface area contributed by atoms with Gasteiger partial charge >= 0.3 is 0 Å². The summed E-state index contributed by atoms with van der Waals surface area (Å²) >= 11 is 1.41. The van der Waals surface area contributed by atoms with Gasteiger partial charge < -0.3 is 0 Å². The van der Waals surface area contributed by atoms with E-state index in [1.165, 1.54) is 11.3 Å². The van der Waals surface area contributed by atoms with Crippen molar-refractivity contribution >= 4 is 17.1 Å². The molecule has 0 bridgehead atoms. The number of rotatable bonds is 2. The molecule has 13 heavy (non-hydrogen) atoms. The van der Waals surface area contributed by atoms with Crippen LogP contribution in [0.4, 0.5) is 0 Å². The second-order valence-electron chi connectivity index (χ2n) is 3.33. The van der Waals surface area contributed by atoms with Crippen molar-refractivity contribution in [3.05, 3.63) is 21.4 Å². The summed E-state index contributed by atoms with van der Waals surface area (Å²) in [7, 11) is 0. The van der Waals surface area contributed by atoms with Gasteiger partial charge in [0, 0.05) is 5.38 Å². The Balaban J connectivity index is 2.52. The normalized spacial score (nSPS) is 15.4. The van der Waals surface area contributed by atoms with Crippen LogP contribution in [0.1, 0.15) is 46.5 Å². The number of carbonyl (C=O) groups is 1. The Kier molecular flexibility index (Phi) is 1.93. The van der Waals surface area contributed by atoms with Gasteiger partial charge in [0.15, 0.2) is 5.78 Å². The number of hydrogen-bond donors (Lipinski definition) is 0. The summed E-state index contributed by atoms with van der Waals surface area (Å²) < 4.78 is 0. The van der Waals surface area contributed by atoms with E-state index in [0.717, 1.165) is 23.3 Å². The van der Waals surface area contributed by atoms with Crippen LogP contribution in [0.15, 0.2) is 5.38 Å². The van der Waals surface area contributed by atoms with Crippen LogP contribution in [0.25, 0.3) is 0 Å². The molecule has 0 aliphatic heterocycles. The Morgan fingerprint density at radius 1 is 1.69 bits per heavy atom. The first kappa shape index (κ1) is 8.46. The quantitative estimate of drug-likeness (QED) is 0.674. The highest BCUT2D eigenvalue weighted by molar-refractivity contribution is 7.12. The van der Waals surface area contributed by atoms with Crippen LogP contribution in [0.3, 0.4) is 0 Å². The van der Waals surface area contributed by atoms with Crippen LogP contribution in [0.5, 0.6) is 0 Å². The molecule has 1 aromatic heterocycles. The maximum atomic E-state index is 11.2. The van der Waals surface area contributed by atoms with Crippen molar-refractivity contribution in [2.45, 2.75) is 25.7 Å². The average molecular weight is 191 g/mol. The topological polar surface area (TPSA) is 40.9 Å². The molecule has 3 heteroatoms. The second-order valence-corrected chi connectivity index (χ2v) is 4.21. The Bertz CT molecular complexity index is 396. The van der Waals surface area contributed by atoms with E-state index < -0.39 is 0 Å². The molecule has 0 spiro atoms. The molecule has 2 rings (SSSR count). The first-order chi connectivity index (χ1) is 6.24. The highest BCUT2D eigenvalue weighted by Gasteiger charge is 2.31. The minimum absolute atomic E-state index is 0.0911. The summed E-state index contributed by atoms with van der Waals surface area (Å²) in [5, 5.41) is 10.6. The van der Waals surface area contributed by atoms with E-state index in [-0.39, 0.29) is 5.78 Å². The molecule has 0 aromatic carbocycles. The molecule has 0 radical (unpaired) electrons. The molecule has 1 aliphatic rings. The first-order valence-corrected chi connectivity index (χ1v) is 5.14. The molecule has 1 aliphatic carbocycles. The lowest BCUT2D eigenvalue weighted by Gasteiger charge is -1.97.